The van der Waals surface area contributed by atoms with E-state index in [9.17, 15) is 9.18 Å². The molecular formula is C16H12ClFO. The van der Waals surface area contributed by atoms with Crippen LogP contribution in [-0.2, 0) is 6.42 Å². The summed E-state index contributed by atoms with van der Waals surface area (Å²) in [5, 5.41) is -0.000130. The fraction of sp³-hybridized carbons (Fsp3) is 0.188. The predicted octanol–water partition coefficient (Wildman–Crippen LogP) is 4.39. The Morgan fingerprint density at radius 2 is 2.00 bits per heavy atom. The third-order valence-electron chi connectivity index (χ3n) is 3.65. The molecule has 1 atom stereocenters. The molecule has 0 radical (unpaired) electrons. The van der Waals surface area contributed by atoms with Crippen LogP contribution in [0.5, 0.6) is 0 Å². The Morgan fingerprint density at radius 1 is 1.21 bits per heavy atom. The van der Waals surface area contributed by atoms with Crippen molar-refractivity contribution >= 4 is 17.4 Å². The van der Waals surface area contributed by atoms with Crippen molar-refractivity contribution < 1.29 is 9.18 Å². The number of halogens is 2. The number of hydrogen-bond acceptors (Lipinski definition) is 1. The zero-order chi connectivity index (χ0) is 13.4. The van der Waals surface area contributed by atoms with Crippen molar-refractivity contribution in [1.82, 2.24) is 0 Å². The molecular weight excluding hydrogens is 263 g/mol. The van der Waals surface area contributed by atoms with Crippen molar-refractivity contribution in [2.24, 2.45) is 0 Å². The average molecular weight is 275 g/mol. The van der Waals surface area contributed by atoms with Gasteiger partial charge in [0.25, 0.3) is 0 Å². The predicted molar refractivity (Wildman–Crippen MR) is 73.2 cm³/mol. The summed E-state index contributed by atoms with van der Waals surface area (Å²) in [5.41, 5.74) is 2.59. The van der Waals surface area contributed by atoms with Crippen LogP contribution in [0.3, 0.4) is 0 Å². The summed E-state index contributed by atoms with van der Waals surface area (Å²) >= 11 is 5.70. The molecule has 0 N–H and O–H groups in total. The van der Waals surface area contributed by atoms with Gasteiger partial charge in [-0.05, 0) is 35.6 Å². The minimum absolute atomic E-state index is 0.000130. The van der Waals surface area contributed by atoms with Crippen LogP contribution in [0.1, 0.15) is 33.8 Å². The Labute approximate surface area is 116 Å². The Kier molecular flexibility index (Phi) is 3.11. The third-order valence-corrected chi connectivity index (χ3v) is 3.94. The summed E-state index contributed by atoms with van der Waals surface area (Å²) in [4.78, 5) is 12.1. The molecule has 0 spiro atoms. The van der Waals surface area contributed by atoms with Crippen LogP contribution >= 0.6 is 11.6 Å². The minimum Gasteiger partial charge on any atom is -0.294 e. The molecule has 0 fully saturated rings. The first-order valence-electron chi connectivity index (χ1n) is 6.22. The van der Waals surface area contributed by atoms with E-state index in [0.29, 0.717) is 6.42 Å². The summed E-state index contributed by atoms with van der Waals surface area (Å²) < 4.78 is 13.8. The normalized spacial score (nSPS) is 16.6. The van der Waals surface area contributed by atoms with Gasteiger partial charge in [-0.1, -0.05) is 41.9 Å². The van der Waals surface area contributed by atoms with E-state index in [1.165, 1.54) is 23.3 Å². The third kappa shape index (κ3) is 2.17. The second-order valence-electron chi connectivity index (χ2n) is 4.83. The molecule has 1 unspecified atom stereocenters. The van der Waals surface area contributed by atoms with Crippen molar-refractivity contribution in [3.8, 4) is 0 Å². The van der Waals surface area contributed by atoms with E-state index in [-0.39, 0.29) is 22.3 Å². The first-order valence-corrected chi connectivity index (χ1v) is 6.59. The van der Waals surface area contributed by atoms with Gasteiger partial charge in [-0.15, -0.1) is 0 Å². The summed E-state index contributed by atoms with van der Waals surface area (Å²) in [6, 6.07) is 12.6. The lowest BCUT2D eigenvalue weighted by molar-refractivity contribution is 0.0966. The molecule has 0 aromatic heterocycles. The van der Waals surface area contributed by atoms with Gasteiger partial charge in [-0.3, -0.25) is 4.79 Å². The largest absolute Gasteiger partial charge is 0.294 e. The van der Waals surface area contributed by atoms with Gasteiger partial charge >= 0.3 is 0 Å². The molecule has 2 aromatic rings. The lowest BCUT2D eigenvalue weighted by Gasteiger charge is -2.29. The first-order chi connectivity index (χ1) is 9.16. The number of hydrogen-bond donors (Lipinski definition) is 0. The summed E-state index contributed by atoms with van der Waals surface area (Å²) in [6.07, 6.45) is 1.23. The molecule has 19 heavy (non-hydrogen) atoms. The maximum atomic E-state index is 13.8. The summed E-state index contributed by atoms with van der Waals surface area (Å²) in [5.74, 6) is -0.580. The Balaban J connectivity index is 1.79. The van der Waals surface area contributed by atoms with E-state index < -0.39 is 5.82 Å². The average Bonchev–Trinajstić information content (AvgIpc) is 2.39. The van der Waals surface area contributed by atoms with Gasteiger partial charge in [0.2, 0.25) is 0 Å². The van der Waals surface area contributed by atoms with Crippen molar-refractivity contribution in [1.29, 1.82) is 0 Å². The van der Waals surface area contributed by atoms with Gasteiger partial charge in [0, 0.05) is 6.42 Å². The zero-order valence-corrected chi connectivity index (χ0v) is 11.0. The van der Waals surface area contributed by atoms with E-state index in [1.54, 1.807) is 6.07 Å². The molecule has 3 rings (SSSR count). The number of benzene rings is 2. The van der Waals surface area contributed by atoms with Crippen LogP contribution < -0.4 is 0 Å². The minimum atomic E-state index is -0.609. The van der Waals surface area contributed by atoms with Crippen LogP contribution in [0.2, 0.25) is 5.02 Å². The number of rotatable bonds is 3. The van der Waals surface area contributed by atoms with Gasteiger partial charge in [-0.2, -0.15) is 0 Å². The van der Waals surface area contributed by atoms with E-state index >= 15 is 0 Å². The lowest BCUT2D eigenvalue weighted by atomic mass is 9.74. The molecule has 2 aromatic carbocycles. The quantitative estimate of drug-likeness (QED) is 0.759. The number of ketones is 1. The molecule has 1 aliphatic rings. The first kappa shape index (κ1) is 12.4. The van der Waals surface area contributed by atoms with Gasteiger partial charge in [0.15, 0.2) is 11.6 Å². The second kappa shape index (κ2) is 4.78. The lowest BCUT2D eigenvalue weighted by Crippen LogP contribution is -2.20. The molecule has 0 heterocycles. The molecule has 0 aliphatic heterocycles. The Bertz CT molecular complexity index is 651. The highest BCUT2D eigenvalue weighted by molar-refractivity contribution is 6.31. The summed E-state index contributed by atoms with van der Waals surface area (Å²) in [7, 11) is 0. The fourth-order valence-corrected chi connectivity index (χ4v) is 2.77. The Hall–Kier alpha value is -1.67. The van der Waals surface area contributed by atoms with Crippen LogP contribution in [0, 0.1) is 5.82 Å². The van der Waals surface area contributed by atoms with Gasteiger partial charge in [-0.25, -0.2) is 4.39 Å². The molecule has 0 saturated heterocycles. The van der Waals surface area contributed by atoms with Crippen molar-refractivity contribution in [2.75, 3.05) is 0 Å². The molecule has 1 nitrogen and oxygen atoms in total. The Morgan fingerprint density at radius 3 is 2.79 bits per heavy atom. The monoisotopic (exact) mass is 274 g/mol. The number of carbonyl (C=O) groups is 1. The van der Waals surface area contributed by atoms with Crippen LogP contribution in [0.15, 0.2) is 42.5 Å². The summed E-state index contributed by atoms with van der Waals surface area (Å²) in [6.45, 7) is 0. The molecule has 1 aliphatic carbocycles. The van der Waals surface area contributed by atoms with Gasteiger partial charge < -0.3 is 0 Å². The second-order valence-corrected chi connectivity index (χ2v) is 5.24. The van der Waals surface area contributed by atoms with Crippen LogP contribution in [0.25, 0.3) is 0 Å². The highest BCUT2D eigenvalue weighted by atomic mass is 35.5. The molecule has 0 bridgehead atoms. The number of carbonyl (C=O) groups excluding carboxylic acids is 1. The highest BCUT2D eigenvalue weighted by Gasteiger charge is 2.28. The van der Waals surface area contributed by atoms with Gasteiger partial charge in [0.1, 0.15) is 0 Å². The van der Waals surface area contributed by atoms with Gasteiger partial charge in [0.05, 0.1) is 10.6 Å². The van der Waals surface area contributed by atoms with Crippen molar-refractivity contribution in [2.45, 2.75) is 18.8 Å². The van der Waals surface area contributed by atoms with Crippen molar-refractivity contribution in [3.05, 3.63) is 70.0 Å². The number of fused-ring (bicyclic) bond motifs is 1. The van der Waals surface area contributed by atoms with Crippen LogP contribution in [-0.4, -0.2) is 5.78 Å². The van der Waals surface area contributed by atoms with Crippen molar-refractivity contribution in [3.63, 3.8) is 0 Å². The molecule has 3 heteroatoms. The topological polar surface area (TPSA) is 17.1 Å². The SMILES string of the molecule is O=C(CC1Cc2ccccc21)c1cccc(Cl)c1F. The standard InChI is InChI=1S/C16H12ClFO/c17-14-7-3-6-13(16(14)18)15(19)9-11-8-10-4-1-2-5-12(10)11/h1-7,11H,8-9H2. The van der Waals surface area contributed by atoms with E-state index in [1.807, 2.05) is 18.2 Å². The molecule has 0 saturated carbocycles. The smallest absolute Gasteiger partial charge is 0.166 e. The zero-order valence-electron chi connectivity index (χ0n) is 10.2. The number of Topliss-reactive ketones (excluding diaryl/α,β-unsaturated/α-hetero) is 1. The highest BCUT2D eigenvalue weighted by Crippen LogP contribution is 2.38. The molecule has 96 valence electrons. The maximum Gasteiger partial charge on any atom is 0.166 e. The van der Waals surface area contributed by atoms with E-state index in [2.05, 4.69) is 6.07 Å². The van der Waals surface area contributed by atoms with E-state index in [0.717, 1.165) is 6.42 Å². The van der Waals surface area contributed by atoms with Crippen LogP contribution in [0.4, 0.5) is 4.39 Å². The maximum absolute atomic E-state index is 13.8. The van der Waals surface area contributed by atoms with E-state index in [4.69, 9.17) is 11.6 Å². The molecule has 0 amide bonds. The fourth-order valence-electron chi connectivity index (χ4n) is 2.60.